The van der Waals surface area contributed by atoms with Crippen molar-refractivity contribution in [2.75, 3.05) is 0 Å². The molecular formula is C48H28N4. The summed E-state index contributed by atoms with van der Waals surface area (Å²) in [6, 6.07) is 61.1. The maximum atomic E-state index is 5.48. The van der Waals surface area contributed by atoms with Crippen molar-refractivity contribution in [3.05, 3.63) is 170 Å². The Morgan fingerprint density at radius 1 is 0.385 bits per heavy atom. The number of benzene rings is 8. The fourth-order valence-corrected chi connectivity index (χ4v) is 8.87. The molecule has 0 spiro atoms. The number of fused-ring (bicyclic) bond motifs is 8. The van der Waals surface area contributed by atoms with E-state index in [4.69, 9.17) is 9.97 Å². The molecule has 0 fully saturated rings. The minimum Gasteiger partial charge on any atom is -0.309 e. The van der Waals surface area contributed by atoms with Crippen LogP contribution in [0.25, 0.3) is 110 Å². The standard InChI is InChI=1S/C48H28N4/c1-3-14-30(15-4-1)46-43-33-18-8-7-13-29(33)25-26-38(43)49-48(50-46)31-27-41-45-42(28-31)52-39-23-10-9-19-34(39)36-21-11-22-37(47(36)52)35-20-12-24-40(44(35)45)51(41)32-16-5-2-6-17-32/h1-28H. The SMILES string of the molecule is c1ccc(-c2nc(-c3cc4c5c6c(cccc6n4-c4ccccc4)c4cccc6c7ccccc7n(c5c3)c46)nc3ccc4ccccc4c23)cc1. The molecule has 0 aliphatic rings. The fraction of sp³-hybridized carbons (Fsp3) is 0. The minimum absolute atomic E-state index is 0.704. The third-order valence-corrected chi connectivity index (χ3v) is 11.0. The van der Waals surface area contributed by atoms with Crippen LogP contribution in [-0.4, -0.2) is 18.9 Å². The normalized spacial score (nSPS) is 12.2. The van der Waals surface area contributed by atoms with Gasteiger partial charge in [-0.25, -0.2) is 9.97 Å². The van der Waals surface area contributed by atoms with E-state index < -0.39 is 0 Å². The highest BCUT2D eigenvalue weighted by molar-refractivity contribution is 6.31. The first-order valence-electron chi connectivity index (χ1n) is 17.8. The lowest BCUT2D eigenvalue weighted by molar-refractivity contribution is 1.18. The summed E-state index contributed by atoms with van der Waals surface area (Å²) in [6.07, 6.45) is 0. The van der Waals surface area contributed by atoms with E-state index >= 15 is 0 Å². The number of nitrogens with zero attached hydrogens (tertiary/aromatic N) is 4. The third-order valence-electron chi connectivity index (χ3n) is 11.0. The van der Waals surface area contributed by atoms with Crippen LogP contribution in [0.15, 0.2) is 170 Å². The summed E-state index contributed by atoms with van der Waals surface area (Å²) >= 11 is 0. The molecule has 0 bridgehead atoms. The Morgan fingerprint density at radius 2 is 1.04 bits per heavy atom. The Morgan fingerprint density at radius 3 is 1.90 bits per heavy atom. The number of aromatic nitrogens is 4. The van der Waals surface area contributed by atoms with Crippen molar-refractivity contribution in [2.45, 2.75) is 0 Å². The van der Waals surface area contributed by atoms with Crippen LogP contribution in [0.1, 0.15) is 0 Å². The predicted molar refractivity (Wildman–Crippen MR) is 217 cm³/mol. The van der Waals surface area contributed by atoms with Crippen molar-refractivity contribution in [3.63, 3.8) is 0 Å². The molecule has 0 radical (unpaired) electrons. The first kappa shape index (κ1) is 27.7. The second-order valence-electron chi connectivity index (χ2n) is 13.8. The number of hydrogen-bond donors (Lipinski definition) is 0. The van der Waals surface area contributed by atoms with Gasteiger partial charge in [0.05, 0.1) is 38.8 Å². The van der Waals surface area contributed by atoms with Crippen molar-refractivity contribution >= 4 is 81.6 Å². The third kappa shape index (κ3) is 3.65. The zero-order valence-corrected chi connectivity index (χ0v) is 28.0. The molecule has 4 aromatic heterocycles. The number of para-hydroxylation sites is 3. The van der Waals surface area contributed by atoms with Gasteiger partial charge in [0.15, 0.2) is 5.82 Å². The van der Waals surface area contributed by atoms with Crippen molar-refractivity contribution < 1.29 is 0 Å². The quantitative estimate of drug-likeness (QED) is 0.177. The van der Waals surface area contributed by atoms with Gasteiger partial charge in [0.2, 0.25) is 0 Å². The Kier molecular flexibility index (Phi) is 5.47. The summed E-state index contributed by atoms with van der Waals surface area (Å²) in [7, 11) is 0. The molecule has 0 aliphatic carbocycles. The van der Waals surface area contributed by atoms with E-state index in [-0.39, 0.29) is 0 Å². The first-order valence-corrected chi connectivity index (χ1v) is 17.8. The minimum atomic E-state index is 0.704. The molecule has 12 rings (SSSR count). The summed E-state index contributed by atoms with van der Waals surface area (Å²) in [5.41, 5.74) is 10.9. The molecule has 4 heteroatoms. The van der Waals surface area contributed by atoms with Gasteiger partial charge < -0.3 is 8.97 Å². The molecular weight excluding hydrogens is 633 g/mol. The molecule has 4 heterocycles. The predicted octanol–water partition coefficient (Wildman–Crippen LogP) is 12.4. The van der Waals surface area contributed by atoms with E-state index in [9.17, 15) is 0 Å². The Balaban J connectivity index is 1.31. The second-order valence-corrected chi connectivity index (χ2v) is 13.8. The lowest BCUT2D eigenvalue weighted by Crippen LogP contribution is -1.98. The number of hydrogen-bond acceptors (Lipinski definition) is 2. The van der Waals surface area contributed by atoms with Crippen LogP contribution in [-0.2, 0) is 0 Å². The summed E-state index contributed by atoms with van der Waals surface area (Å²) < 4.78 is 4.91. The highest BCUT2D eigenvalue weighted by Gasteiger charge is 2.24. The van der Waals surface area contributed by atoms with Crippen LogP contribution in [0.5, 0.6) is 0 Å². The van der Waals surface area contributed by atoms with Gasteiger partial charge in [-0.15, -0.1) is 0 Å². The molecule has 0 atom stereocenters. The van der Waals surface area contributed by atoms with Crippen LogP contribution in [0, 0.1) is 0 Å². The highest BCUT2D eigenvalue weighted by Crippen LogP contribution is 2.45. The lowest BCUT2D eigenvalue weighted by atomic mass is 9.99. The molecule has 4 nitrogen and oxygen atoms in total. The van der Waals surface area contributed by atoms with E-state index in [1.54, 1.807) is 0 Å². The average Bonchev–Trinajstić information content (AvgIpc) is 3.69. The molecule has 0 N–H and O–H groups in total. The smallest absolute Gasteiger partial charge is 0.160 e. The summed E-state index contributed by atoms with van der Waals surface area (Å²) in [6.45, 7) is 0. The van der Waals surface area contributed by atoms with Gasteiger partial charge >= 0.3 is 0 Å². The average molecular weight is 661 g/mol. The van der Waals surface area contributed by atoms with Gasteiger partial charge in [0.1, 0.15) is 0 Å². The monoisotopic (exact) mass is 660 g/mol. The number of rotatable bonds is 3. The fourth-order valence-electron chi connectivity index (χ4n) is 8.87. The Labute approximate surface area is 297 Å². The molecule has 12 aromatic rings. The molecule has 240 valence electrons. The maximum Gasteiger partial charge on any atom is 0.160 e. The zero-order valence-electron chi connectivity index (χ0n) is 28.0. The maximum absolute atomic E-state index is 5.48. The Bertz CT molecular complexity index is 3390. The largest absolute Gasteiger partial charge is 0.309 e. The van der Waals surface area contributed by atoms with Crippen LogP contribution in [0.4, 0.5) is 0 Å². The van der Waals surface area contributed by atoms with Gasteiger partial charge in [-0.2, -0.15) is 0 Å². The molecule has 0 saturated heterocycles. The van der Waals surface area contributed by atoms with Crippen LogP contribution >= 0.6 is 0 Å². The van der Waals surface area contributed by atoms with E-state index in [0.717, 1.165) is 49.8 Å². The first-order chi connectivity index (χ1) is 25.8. The lowest BCUT2D eigenvalue weighted by Gasteiger charge is -2.13. The molecule has 0 aliphatic heterocycles. The van der Waals surface area contributed by atoms with Crippen molar-refractivity contribution in [2.24, 2.45) is 0 Å². The van der Waals surface area contributed by atoms with Crippen LogP contribution in [0.3, 0.4) is 0 Å². The Hall–Kier alpha value is -7.04. The van der Waals surface area contributed by atoms with Crippen molar-refractivity contribution in [1.29, 1.82) is 0 Å². The molecule has 0 amide bonds. The van der Waals surface area contributed by atoms with Gasteiger partial charge in [0.25, 0.3) is 0 Å². The van der Waals surface area contributed by atoms with Gasteiger partial charge in [0, 0.05) is 49.1 Å². The highest BCUT2D eigenvalue weighted by atomic mass is 15.0. The molecule has 8 aromatic carbocycles. The summed E-state index contributed by atoms with van der Waals surface area (Å²) in [5.74, 6) is 0.704. The summed E-state index contributed by atoms with van der Waals surface area (Å²) in [5, 5.41) is 10.9. The molecule has 52 heavy (non-hydrogen) atoms. The topological polar surface area (TPSA) is 35.1 Å². The van der Waals surface area contributed by atoms with Gasteiger partial charge in [-0.3, -0.25) is 0 Å². The van der Waals surface area contributed by atoms with E-state index in [0.29, 0.717) is 5.82 Å². The molecule has 0 unspecified atom stereocenters. The van der Waals surface area contributed by atoms with Crippen LogP contribution < -0.4 is 0 Å². The van der Waals surface area contributed by atoms with Gasteiger partial charge in [-0.1, -0.05) is 127 Å². The second kappa shape index (κ2) is 10.3. The zero-order chi connectivity index (χ0) is 33.9. The van der Waals surface area contributed by atoms with E-state index in [2.05, 4.69) is 179 Å². The van der Waals surface area contributed by atoms with Crippen molar-refractivity contribution in [1.82, 2.24) is 18.9 Å². The molecule has 0 saturated carbocycles. The van der Waals surface area contributed by atoms with E-state index in [1.807, 2.05) is 0 Å². The van der Waals surface area contributed by atoms with E-state index in [1.165, 1.54) is 54.3 Å². The van der Waals surface area contributed by atoms with Crippen LogP contribution in [0.2, 0.25) is 0 Å². The van der Waals surface area contributed by atoms with Gasteiger partial charge in [-0.05, 0) is 58.6 Å². The van der Waals surface area contributed by atoms with Crippen molar-refractivity contribution in [3.8, 4) is 28.3 Å². The summed E-state index contributed by atoms with van der Waals surface area (Å²) in [4.78, 5) is 10.9.